The fourth-order valence-electron chi connectivity index (χ4n) is 3.70. The molecule has 0 spiro atoms. The molecule has 6 heteroatoms. The number of aromatic nitrogens is 1. The maximum Gasteiger partial charge on any atom is 0.223 e. The Hall–Kier alpha value is -2.34. The highest BCUT2D eigenvalue weighted by Gasteiger charge is 2.36. The van der Waals surface area contributed by atoms with E-state index in [4.69, 9.17) is 4.42 Å². The molecular weight excluding hydrogens is 340 g/mol. The van der Waals surface area contributed by atoms with Gasteiger partial charge in [-0.05, 0) is 36.6 Å². The third kappa shape index (κ3) is 4.50. The number of amides is 1. The Morgan fingerprint density at radius 3 is 2.74 bits per heavy atom. The zero-order valence-corrected chi connectivity index (χ0v) is 15.9. The van der Waals surface area contributed by atoms with Gasteiger partial charge in [0.25, 0.3) is 0 Å². The SMILES string of the molecule is CC1CC1c1ccc(CNCCC(=O)N2CCN(c3ccccn3)CC2)o1. The number of furan rings is 1. The second-order valence-corrected chi connectivity index (χ2v) is 7.61. The molecule has 3 heterocycles. The van der Waals surface area contributed by atoms with Crippen LogP contribution in [-0.4, -0.2) is 48.5 Å². The van der Waals surface area contributed by atoms with Crippen molar-refractivity contribution in [2.75, 3.05) is 37.6 Å². The van der Waals surface area contributed by atoms with E-state index in [1.54, 1.807) is 0 Å². The van der Waals surface area contributed by atoms with Crippen molar-refractivity contribution in [3.05, 3.63) is 48.0 Å². The van der Waals surface area contributed by atoms with E-state index in [0.717, 1.165) is 49.4 Å². The van der Waals surface area contributed by atoms with Crippen molar-refractivity contribution < 1.29 is 9.21 Å². The predicted molar refractivity (Wildman–Crippen MR) is 105 cm³/mol. The van der Waals surface area contributed by atoms with Gasteiger partial charge in [0.15, 0.2) is 0 Å². The summed E-state index contributed by atoms with van der Waals surface area (Å²) in [4.78, 5) is 21.0. The first kappa shape index (κ1) is 18.0. The molecular formula is C21H28N4O2. The maximum absolute atomic E-state index is 12.4. The molecule has 0 radical (unpaired) electrons. The molecule has 144 valence electrons. The van der Waals surface area contributed by atoms with Gasteiger partial charge in [0.2, 0.25) is 5.91 Å². The topological polar surface area (TPSA) is 61.6 Å². The lowest BCUT2D eigenvalue weighted by atomic mass is 10.2. The molecule has 1 saturated carbocycles. The highest BCUT2D eigenvalue weighted by molar-refractivity contribution is 5.76. The molecule has 1 saturated heterocycles. The van der Waals surface area contributed by atoms with Crippen LogP contribution in [0.1, 0.15) is 37.2 Å². The van der Waals surface area contributed by atoms with Gasteiger partial charge in [-0.1, -0.05) is 13.0 Å². The van der Waals surface area contributed by atoms with E-state index in [-0.39, 0.29) is 5.91 Å². The Balaban J connectivity index is 1.14. The van der Waals surface area contributed by atoms with Crippen LogP contribution >= 0.6 is 0 Å². The molecule has 0 bridgehead atoms. The van der Waals surface area contributed by atoms with Gasteiger partial charge >= 0.3 is 0 Å². The second-order valence-electron chi connectivity index (χ2n) is 7.61. The molecule has 6 nitrogen and oxygen atoms in total. The Morgan fingerprint density at radius 1 is 1.22 bits per heavy atom. The van der Waals surface area contributed by atoms with Gasteiger partial charge in [-0.25, -0.2) is 4.98 Å². The fourth-order valence-corrected chi connectivity index (χ4v) is 3.70. The lowest BCUT2D eigenvalue weighted by Crippen LogP contribution is -2.49. The maximum atomic E-state index is 12.4. The van der Waals surface area contributed by atoms with Crippen LogP contribution in [0.5, 0.6) is 0 Å². The Kier molecular flexibility index (Phi) is 5.43. The molecule has 4 rings (SSSR count). The summed E-state index contributed by atoms with van der Waals surface area (Å²) >= 11 is 0. The molecule has 1 N–H and O–H groups in total. The average molecular weight is 368 g/mol. The third-order valence-corrected chi connectivity index (χ3v) is 5.58. The van der Waals surface area contributed by atoms with Gasteiger partial charge in [-0.15, -0.1) is 0 Å². The number of nitrogens with zero attached hydrogens (tertiary/aromatic N) is 3. The summed E-state index contributed by atoms with van der Waals surface area (Å²) in [5, 5.41) is 3.33. The summed E-state index contributed by atoms with van der Waals surface area (Å²) in [6.07, 6.45) is 3.57. The van der Waals surface area contributed by atoms with Crippen LogP contribution in [0.2, 0.25) is 0 Å². The first-order chi connectivity index (χ1) is 13.2. The minimum Gasteiger partial charge on any atom is -0.464 e. The van der Waals surface area contributed by atoms with E-state index in [1.165, 1.54) is 6.42 Å². The van der Waals surface area contributed by atoms with Crippen molar-refractivity contribution >= 4 is 11.7 Å². The zero-order valence-electron chi connectivity index (χ0n) is 15.9. The number of carbonyl (C=O) groups is 1. The van der Waals surface area contributed by atoms with E-state index in [2.05, 4.69) is 28.2 Å². The smallest absolute Gasteiger partial charge is 0.223 e. The van der Waals surface area contributed by atoms with Gasteiger partial charge in [-0.3, -0.25) is 4.79 Å². The number of hydrogen-bond acceptors (Lipinski definition) is 5. The summed E-state index contributed by atoms with van der Waals surface area (Å²) < 4.78 is 5.89. The van der Waals surface area contributed by atoms with Gasteiger partial charge in [0.05, 0.1) is 6.54 Å². The summed E-state index contributed by atoms with van der Waals surface area (Å²) in [5.41, 5.74) is 0. The van der Waals surface area contributed by atoms with E-state index < -0.39 is 0 Å². The number of nitrogens with one attached hydrogen (secondary N) is 1. The lowest BCUT2D eigenvalue weighted by Gasteiger charge is -2.35. The number of anilines is 1. The third-order valence-electron chi connectivity index (χ3n) is 5.58. The number of piperazine rings is 1. The largest absolute Gasteiger partial charge is 0.464 e. The molecule has 1 aliphatic carbocycles. The molecule has 27 heavy (non-hydrogen) atoms. The van der Waals surface area contributed by atoms with Crippen LogP contribution in [0.15, 0.2) is 40.9 Å². The summed E-state index contributed by atoms with van der Waals surface area (Å²) in [6.45, 7) is 6.81. The van der Waals surface area contributed by atoms with Crippen LogP contribution < -0.4 is 10.2 Å². The van der Waals surface area contributed by atoms with Crippen molar-refractivity contribution in [2.24, 2.45) is 5.92 Å². The molecule has 1 aliphatic heterocycles. The molecule has 2 aromatic rings. The predicted octanol–water partition coefficient (Wildman–Crippen LogP) is 2.63. The molecule has 2 aliphatic rings. The minimum atomic E-state index is 0.218. The van der Waals surface area contributed by atoms with Crippen molar-refractivity contribution in [1.82, 2.24) is 15.2 Å². The van der Waals surface area contributed by atoms with Crippen molar-refractivity contribution in [3.63, 3.8) is 0 Å². The van der Waals surface area contributed by atoms with Gasteiger partial charge < -0.3 is 19.5 Å². The number of pyridine rings is 1. The zero-order chi connectivity index (χ0) is 18.6. The van der Waals surface area contributed by atoms with E-state index in [9.17, 15) is 4.79 Å². The number of rotatable bonds is 7. The fraction of sp³-hybridized carbons (Fsp3) is 0.524. The summed E-state index contributed by atoms with van der Waals surface area (Å²) in [6, 6.07) is 10.1. The molecule has 0 aromatic carbocycles. The number of carbonyl (C=O) groups excluding carboxylic acids is 1. The lowest BCUT2D eigenvalue weighted by molar-refractivity contribution is -0.131. The quantitative estimate of drug-likeness (QED) is 0.761. The van der Waals surface area contributed by atoms with Crippen LogP contribution in [0.25, 0.3) is 0 Å². The monoisotopic (exact) mass is 368 g/mol. The van der Waals surface area contributed by atoms with Gasteiger partial charge in [0, 0.05) is 51.3 Å². The Labute approximate surface area is 160 Å². The number of hydrogen-bond donors (Lipinski definition) is 1. The average Bonchev–Trinajstić information content (AvgIpc) is 3.26. The van der Waals surface area contributed by atoms with Gasteiger partial charge in [-0.2, -0.15) is 0 Å². The van der Waals surface area contributed by atoms with Crippen molar-refractivity contribution in [3.8, 4) is 0 Å². The van der Waals surface area contributed by atoms with E-state index >= 15 is 0 Å². The highest BCUT2D eigenvalue weighted by atomic mass is 16.3. The molecule has 2 atom stereocenters. The minimum absolute atomic E-state index is 0.218. The second kappa shape index (κ2) is 8.13. The highest BCUT2D eigenvalue weighted by Crippen LogP contribution is 2.47. The Morgan fingerprint density at radius 2 is 2.04 bits per heavy atom. The first-order valence-electron chi connectivity index (χ1n) is 9.94. The molecule has 1 amide bonds. The molecule has 2 aromatic heterocycles. The standard InChI is InChI=1S/C21H28N4O2/c1-16-14-18(16)19-6-5-17(27-19)15-22-9-7-21(26)25-12-10-24(11-13-25)20-4-2-3-8-23-20/h2-6,8,16,18,22H,7,9-15H2,1H3. The summed E-state index contributed by atoms with van der Waals surface area (Å²) in [5.74, 6) is 4.65. The normalized spacial score (nSPS) is 22.1. The van der Waals surface area contributed by atoms with Crippen LogP contribution in [0.4, 0.5) is 5.82 Å². The van der Waals surface area contributed by atoms with E-state index in [1.807, 2.05) is 35.4 Å². The summed E-state index contributed by atoms with van der Waals surface area (Å²) in [7, 11) is 0. The first-order valence-corrected chi connectivity index (χ1v) is 9.94. The van der Waals surface area contributed by atoms with Crippen LogP contribution in [0.3, 0.4) is 0 Å². The Bertz CT molecular complexity index is 753. The molecule has 2 fully saturated rings. The van der Waals surface area contributed by atoms with E-state index in [0.29, 0.717) is 25.4 Å². The molecule has 2 unspecified atom stereocenters. The van der Waals surface area contributed by atoms with Crippen LogP contribution in [-0.2, 0) is 11.3 Å². The van der Waals surface area contributed by atoms with Crippen molar-refractivity contribution in [1.29, 1.82) is 0 Å². The van der Waals surface area contributed by atoms with Gasteiger partial charge in [0.1, 0.15) is 17.3 Å². The van der Waals surface area contributed by atoms with Crippen molar-refractivity contribution in [2.45, 2.75) is 32.2 Å². The van der Waals surface area contributed by atoms with Crippen LogP contribution in [0, 0.1) is 5.92 Å².